The van der Waals surface area contributed by atoms with Crippen LogP contribution in [0.15, 0.2) is 36.4 Å². The van der Waals surface area contributed by atoms with Crippen LogP contribution in [-0.2, 0) is 17.8 Å². The van der Waals surface area contributed by atoms with Crippen molar-refractivity contribution in [1.82, 2.24) is 4.90 Å². The molecule has 0 N–H and O–H groups in total. The molecule has 2 aromatic rings. The van der Waals surface area contributed by atoms with Crippen LogP contribution in [0, 0.1) is 11.6 Å². The highest BCUT2D eigenvalue weighted by Gasteiger charge is 2.15. The van der Waals surface area contributed by atoms with Gasteiger partial charge in [0, 0.05) is 36.2 Å². The largest absolute Gasteiger partial charge is 0.496 e. The number of hydrogen-bond acceptors (Lipinski definition) is 2. The van der Waals surface area contributed by atoms with Gasteiger partial charge in [-0.3, -0.25) is 4.79 Å². The highest BCUT2D eigenvalue weighted by molar-refractivity contribution is 6.30. The van der Waals surface area contributed by atoms with Gasteiger partial charge in [-0.2, -0.15) is 0 Å². The minimum atomic E-state index is -0.637. The summed E-state index contributed by atoms with van der Waals surface area (Å²) in [6.45, 7) is 0.294. The maximum Gasteiger partial charge on any atom is 0.222 e. The number of carbonyl (C=O) groups is 1. The molecule has 0 unspecified atom stereocenters. The van der Waals surface area contributed by atoms with E-state index in [1.807, 2.05) is 0 Å². The summed E-state index contributed by atoms with van der Waals surface area (Å²) >= 11 is 5.97. The van der Waals surface area contributed by atoms with Crippen molar-refractivity contribution in [2.24, 2.45) is 0 Å². The van der Waals surface area contributed by atoms with E-state index in [2.05, 4.69) is 0 Å². The fraction of sp³-hybridized carbons (Fsp3) is 0.278. The number of benzene rings is 2. The van der Waals surface area contributed by atoms with Crippen molar-refractivity contribution in [3.05, 3.63) is 64.2 Å². The van der Waals surface area contributed by atoms with Gasteiger partial charge in [0.2, 0.25) is 5.91 Å². The zero-order valence-electron chi connectivity index (χ0n) is 13.5. The summed E-state index contributed by atoms with van der Waals surface area (Å²) in [6, 6.07) is 8.82. The predicted octanol–water partition coefficient (Wildman–Crippen LogP) is 4.22. The van der Waals surface area contributed by atoms with Crippen LogP contribution in [-0.4, -0.2) is 25.0 Å². The molecule has 0 fully saturated rings. The Morgan fingerprint density at radius 3 is 2.50 bits per heavy atom. The molecule has 0 heterocycles. The lowest BCUT2D eigenvalue weighted by molar-refractivity contribution is -0.130. The van der Waals surface area contributed by atoms with Crippen LogP contribution in [0.2, 0.25) is 5.02 Å². The third kappa shape index (κ3) is 4.45. The van der Waals surface area contributed by atoms with Crippen LogP contribution < -0.4 is 4.74 Å². The normalized spacial score (nSPS) is 10.5. The molecule has 3 nitrogen and oxygen atoms in total. The Labute approximate surface area is 144 Å². The fourth-order valence-electron chi connectivity index (χ4n) is 2.41. The smallest absolute Gasteiger partial charge is 0.222 e. The van der Waals surface area contributed by atoms with Crippen LogP contribution in [0.1, 0.15) is 17.5 Å². The average molecular weight is 354 g/mol. The first kappa shape index (κ1) is 18.2. The highest BCUT2D eigenvalue weighted by Crippen LogP contribution is 2.24. The van der Waals surface area contributed by atoms with E-state index in [-0.39, 0.29) is 24.3 Å². The first-order chi connectivity index (χ1) is 11.4. The predicted molar refractivity (Wildman–Crippen MR) is 89.2 cm³/mol. The number of hydrogen-bond donors (Lipinski definition) is 0. The first-order valence-corrected chi connectivity index (χ1v) is 7.79. The molecule has 24 heavy (non-hydrogen) atoms. The molecule has 2 rings (SSSR count). The second-order valence-electron chi connectivity index (χ2n) is 5.41. The van der Waals surface area contributed by atoms with Crippen LogP contribution in [0.3, 0.4) is 0 Å². The van der Waals surface area contributed by atoms with Crippen molar-refractivity contribution < 1.29 is 18.3 Å². The number of ether oxygens (including phenoxy) is 1. The molecule has 128 valence electrons. The van der Waals surface area contributed by atoms with Crippen molar-refractivity contribution in [2.75, 3.05) is 14.2 Å². The zero-order valence-corrected chi connectivity index (χ0v) is 14.2. The molecule has 0 aliphatic heterocycles. The van der Waals surface area contributed by atoms with Crippen LogP contribution >= 0.6 is 11.6 Å². The standard InChI is InChI=1S/C18H18ClF2NO2/c1-22(11-12-10-13(19)6-8-17(12)24-2)18(23)9-7-14-15(20)4-3-5-16(14)21/h3-6,8,10H,7,9,11H2,1-2H3. The maximum absolute atomic E-state index is 13.6. The van der Waals surface area contributed by atoms with Gasteiger partial charge in [-0.25, -0.2) is 8.78 Å². The Hall–Kier alpha value is -2.14. The van der Waals surface area contributed by atoms with Crippen molar-refractivity contribution in [3.8, 4) is 5.75 Å². The van der Waals surface area contributed by atoms with Crippen LogP contribution in [0.25, 0.3) is 0 Å². The Bertz CT molecular complexity index is 717. The number of halogens is 3. The minimum absolute atomic E-state index is 0.00829. The molecule has 0 aromatic heterocycles. The van der Waals surface area contributed by atoms with E-state index in [0.717, 1.165) is 5.56 Å². The third-order valence-corrected chi connectivity index (χ3v) is 3.96. The monoisotopic (exact) mass is 353 g/mol. The van der Waals surface area contributed by atoms with Gasteiger partial charge < -0.3 is 9.64 Å². The zero-order chi connectivity index (χ0) is 17.7. The van der Waals surface area contributed by atoms with Gasteiger partial charge in [0.05, 0.1) is 7.11 Å². The second kappa shape index (κ2) is 8.11. The van der Waals surface area contributed by atoms with Crippen LogP contribution in [0.5, 0.6) is 5.75 Å². The molecule has 6 heteroatoms. The summed E-state index contributed by atoms with van der Waals surface area (Å²) in [5.74, 6) is -0.872. The molecule has 0 saturated heterocycles. The molecule has 0 aliphatic rings. The minimum Gasteiger partial charge on any atom is -0.496 e. The average Bonchev–Trinajstić information content (AvgIpc) is 2.54. The number of amides is 1. The van der Waals surface area contributed by atoms with E-state index in [0.29, 0.717) is 17.3 Å². The van der Waals surface area contributed by atoms with Crippen molar-refractivity contribution in [2.45, 2.75) is 19.4 Å². The molecule has 0 saturated carbocycles. The van der Waals surface area contributed by atoms with Crippen LogP contribution in [0.4, 0.5) is 8.78 Å². The van der Waals surface area contributed by atoms with Gasteiger partial charge in [0.1, 0.15) is 17.4 Å². The van der Waals surface area contributed by atoms with Gasteiger partial charge in [-0.15, -0.1) is 0 Å². The lowest BCUT2D eigenvalue weighted by atomic mass is 10.1. The van der Waals surface area contributed by atoms with Crippen molar-refractivity contribution in [1.29, 1.82) is 0 Å². The Kier molecular flexibility index (Phi) is 6.15. The number of carbonyl (C=O) groups excluding carboxylic acids is 1. The SMILES string of the molecule is COc1ccc(Cl)cc1CN(C)C(=O)CCc1c(F)cccc1F. The Morgan fingerprint density at radius 1 is 1.21 bits per heavy atom. The summed E-state index contributed by atoms with van der Waals surface area (Å²) in [7, 11) is 3.16. The lowest BCUT2D eigenvalue weighted by Gasteiger charge is -2.19. The molecule has 0 aliphatic carbocycles. The third-order valence-electron chi connectivity index (χ3n) is 3.73. The molecule has 0 radical (unpaired) electrons. The van der Waals surface area contributed by atoms with E-state index in [1.165, 1.54) is 30.2 Å². The Morgan fingerprint density at radius 2 is 1.88 bits per heavy atom. The number of rotatable bonds is 6. The summed E-state index contributed by atoms with van der Waals surface area (Å²) in [5.41, 5.74) is 0.692. The molecule has 0 bridgehead atoms. The molecular formula is C18H18ClF2NO2. The van der Waals surface area contributed by atoms with E-state index >= 15 is 0 Å². The van der Waals surface area contributed by atoms with Gasteiger partial charge >= 0.3 is 0 Å². The highest BCUT2D eigenvalue weighted by atomic mass is 35.5. The number of nitrogens with zero attached hydrogens (tertiary/aromatic N) is 1. The summed E-state index contributed by atoms with van der Waals surface area (Å²) < 4.78 is 32.4. The Balaban J connectivity index is 2.01. The molecule has 2 aromatic carbocycles. The summed E-state index contributed by atoms with van der Waals surface area (Å²) in [6.07, 6.45) is 0.0194. The first-order valence-electron chi connectivity index (χ1n) is 7.41. The van der Waals surface area contributed by atoms with Gasteiger partial charge in [0.15, 0.2) is 0 Å². The fourth-order valence-corrected chi connectivity index (χ4v) is 2.60. The van der Waals surface area contributed by atoms with E-state index < -0.39 is 11.6 Å². The van der Waals surface area contributed by atoms with Gasteiger partial charge in [0.25, 0.3) is 0 Å². The topological polar surface area (TPSA) is 29.5 Å². The quantitative estimate of drug-likeness (QED) is 0.778. The molecular weight excluding hydrogens is 336 g/mol. The second-order valence-corrected chi connectivity index (χ2v) is 5.84. The van der Waals surface area contributed by atoms with E-state index in [4.69, 9.17) is 16.3 Å². The molecule has 0 atom stereocenters. The molecule has 1 amide bonds. The summed E-state index contributed by atoms with van der Waals surface area (Å²) in [4.78, 5) is 13.7. The number of methoxy groups -OCH3 is 1. The molecule has 0 spiro atoms. The van der Waals surface area contributed by atoms with Crippen molar-refractivity contribution >= 4 is 17.5 Å². The van der Waals surface area contributed by atoms with Gasteiger partial charge in [-0.05, 0) is 36.8 Å². The van der Waals surface area contributed by atoms with Gasteiger partial charge in [-0.1, -0.05) is 17.7 Å². The summed E-state index contributed by atoms with van der Waals surface area (Å²) in [5, 5.41) is 0.542. The van der Waals surface area contributed by atoms with Crippen molar-refractivity contribution in [3.63, 3.8) is 0 Å². The lowest BCUT2D eigenvalue weighted by Crippen LogP contribution is -2.26. The van der Waals surface area contributed by atoms with E-state index in [9.17, 15) is 13.6 Å². The van der Waals surface area contributed by atoms with E-state index in [1.54, 1.807) is 25.2 Å². The maximum atomic E-state index is 13.6.